The van der Waals surface area contributed by atoms with Gasteiger partial charge in [-0.2, -0.15) is 5.10 Å². The molecule has 0 aliphatic heterocycles. The van der Waals surface area contributed by atoms with Crippen LogP contribution in [0.4, 0.5) is 5.82 Å². The van der Waals surface area contributed by atoms with E-state index in [1.165, 1.54) is 0 Å². The Morgan fingerprint density at radius 1 is 1.04 bits per heavy atom. The predicted molar refractivity (Wildman–Crippen MR) is 106 cm³/mol. The van der Waals surface area contributed by atoms with E-state index >= 15 is 0 Å². The number of benzene rings is 2. The van der Waals surface area contributed by atoms with Crippen LogP contribution in [-0.2, 0) is 6.54 Å². The molecule has 0 saturated heterocycles. The second-order valence-corrected chi connectivity index (χ2v) is 6.53. The number of halogens is 1. The largest absolute Gasteiger partial charge is 0.383 e. The fourth-order valence-electron chi connectivity index (χ4n) is 3.26. The van der Waals surface area contributed by atoms with Gasteiger partial charge in [0.2, 0.25) is 0 Å². The molecule has 0 amide bonds. The van der Waals surface area contributed by atoms with Gasteiger partial charge in [0.15, 0.2) is 5.65 Å². The molecule has 0 fully saturated rings. The van der Waals surface area contributed by atoms with Gasteiger partial charge in [-0.3, -0.25) is 0 Å². The Balaban J connectivity index is 2.10. The second kappa shape index (κ2) is 6.44. The maximum absolute atomic E-state index is 6.26. The summed E-state index contributed by atoms with van der Waals surface area (Å²) < 4.78 is 1.82. The number of hydrogen-bond acceptors (Lipinski definition) is 4. The Morgan fingerprint density at radius 3 is 2.38 bits per heavy atom. The molecule has 0 unspecified atom stereocenters. The molecule has 5 nitrogen and oxygen atoms in total. The zero-order valence-corrected chi connectivity index (χ0v) is 15.0. The summed E-state index contributed by atoms with van der Waals surface area (Å²) in [6, 6.07) is 17.5. The van der Waals surface area contributed by atoms with Crippen LogP contribution >= 0.6 is 11.6 Å². The van der Waals surface area contributed by atoms with Gasteiger partial charge in [0.05, 0.1) is 16.8 Å². The first-order chi connectivity index (χ1) is 12.6. The zero-order chi connectivity index (χ0) is 18.3. The van der Waals surface area contributed by atoms with Crippen molar-refractivity contribution in [3.63, 3.8) is 0 Å². The number of nitrogens with zero attached hydrogens (tertiary/aromatic N) is 3. The SMILES string of the molecule is Cc1nn(-c2ccccc2)c2nc(N)c(CN)c(-c3ccc(Cl)cc3)c12. The number of hydrogen-bond donors (Lipinski definition) is 2. The van der Waals surface area contributed by atoms with E-state index in [-0.39, 0.29) is 0 Å². The smallest absolute Gasteiger partial charge is 0.166 e. The highest BCUT2D eigenvalue weighted by Crippen LogP contribution is 2.37. The van der Waals surface area contributed by atoms with Crippen LogP contribution in [0.2, 0.25) is 5.02 Å². The third-order valence-corrected chi connectivity index (χ3v) is 4.71. The highest BCUT2D eigenvalue weighted by atomic mass is 35.5. The lowest BCUT2D eigenvalue weighted by molar-refractivity contribution is 0.877. The van der Waals surface area contributed by atoms with E-state index in [0.29, 0.717) is 23.0 Å². The molecule has 6 heteroatoms. The Morgan fingerprint density at radius 2 is 1.73 bits per heavy atom. The van der Waals surface area contributed by atoms with E-state index < -0.39 is 0 Å². The summed E-state index contributed by atoms with van der Waals surface area (Å²) in [6.07, 6.45) is 0. The molecular weight excluding hydrogens is 346 g/mol. The molecule has 130 valence electrons. The number of nitrogen functional groups attached to an aromatic ring is 1. The van der Waals surface area contributed by atoms with E-state index in [9.17, 15) is 0 Å². The van der Waals surface area contributed by atoms with E-state index in [1.54, 1.807) is 0 Å². The number of anilines is 1. The molecule has 0 aliphatic carbocycles. The van der Waals surface area contributed by atoms with Gasteiger partial charge in [-0.1, -0.05) is 41.9 Å². The van der Waals surface area contributed by atoms with Crippen LogP contribution in [0.5, 0.6) is 0 Å². The van der Waals surface area contributed by atoms with Crippen molar-refractivity contribution in [2.75, 3.05) is 5.73 Å². The van der Waals surface area contributed by atoms with E-state index in [4.69, 9.17) is 28.2 Å². The molecule has 2 heterocycles. The summed E-state index contributed by atoms with van der Waals surface area (Å²) in [5, 5.41) is 6.34. The summed E-state index contributed by atoms with van der Waals surface area (Å²) in [4.78, 5) is 4.62. The molecule has 2 aromatic heterocycles. The molecule has 2 aromatic carbocycles. The average Bonchev–Trinajstić information content (AvgIpc) is 2.98. The van der Waals surface area contributed by atoms with Gasteiger partial charge in [0, 0.05) is 22.7 Å². The molecule has 0 atom stereocenters. The molecule has 26 heavy (non-hydrogen) atoms. The standard InChI is InChI=1S/C20H18ClN5/c1-12-17-18(13-7-9-14(21)10-8-13)16(11-22)19(23)24-20(17)26(25-12)15-5-3-2-4-6-15/h2-10H,11,22H2,1H3,(H2,23,24). The van der Waals surface area contributed by atoms with Gasteiger partial charge >= 0.3 is 0 Å². The third kappa shape index (κ3) is 2.62. The van der Waals surface area contributed by atoms with Gasteiger partial charge in [-0.05, 0) is 36.8 Å². The van der Waals surface area contributed by atoms with Gasteiger partial charge in [-0.25, -0.2) is 9.67 Å². The van der Waals surface area contributed by atoms with Crippen molar-refractivity contribution in [1.29, 1.82) is 0 Å². The lowest BCUT2D eigenvalue weighted by atomic mass is 9.96. The Hall–Kier alpha value is -2.89. The number of nitrogens with two attached hydrogens (primary N) is 2. The number of rotatable bonds is 3. The minimum Gasteiger partial charge on any atom is -0.383 e. The quantitative estimate of drug-likeness (QED) is 0.574. The molecule has 0 bridgehead atoms. The molecule has 0 radical (unpaired) electrons. The number of aryl methyl sites for hydroxylation is 1. The predicted octanol–water partition coefficient (Wildman–Crippen LogP) is 4.09. The van der Waals surface area contributed by atoms with E-state index in [2.05, 4.69) is 4.98 Å². The molecule has 4 rings (SSSR count). The number of fused-ring (bicyclic) bond motifs is 1. The lowest BCUT2D eigenvalue weighted by Crippen LogP contribution is -2.08. The van der Waals surface area contributed by atoms with Crippen molar-refractivity contribution in [3.05, 3.63) is 70.9 Å². The third-order valence-electron chi connectivity index (χ3n) is 4.46. The van der Waals surface area contributed by atoms with Crippen LogP contribution in [0.3, 0.4) is 0 Å². The van der Waals surface area contributed by atoms with E-state index in [1.807, 2.05) is 66.2 Å². The highest BCUT2D eigenvalue weighted by Gasteiger charge is 2.20. The first-order valence-corrected chi connectivity index (χ1v) is 8.67. The van der Waals surface area contributed by atoms with Crippen molar-refractivity contribution in [2.24, 2.45) is 5.73 Å². The summed E-state index contributed by atoms with van der Waals surface area (Å²) in [5.74, 6) is 0.419. The summed E-state index contributed by atoms with van der Waals surface area (Å²) in [7, 11) is 0. The van der Waals surface area contributed by atoms with Crippen LogP contribution in [0.15, 0.2) is 54.6 Å². The van der Waals surface area contributed by atoms with Crippen LogP contribution < -0.4 is 11.5 Å². The molecule has 0 aliphatic rings. The summed E-state index contributed by atoms with van der Waals surface area (Å²) >= 11 is 6.06. The van der Waals surface area contributed by atoms with Gasteiger partial charge in [0.1, 0.15) is 5.82 Å². The van der Waals surface area contributed by atoms with Crippen LogP contribution in [0.25, 0.3) is 27.8 Å². The average molecular weight is 364 g/mol. The van der Waals surface area contributed by atoms with Crippen molar-refractivity contribution in [1.82, 2.24) is 14.8 Å². The van der Waals surface area contributed by atoms with E-state index in [0.717, 1.165) is 33.5 Å². The number of para-hydroxylation sites is 1. The van der Waals surface area contributed by atoms with Crippen molar-refractivity contribution < 1.29 is 0 Å². The summed E-state index contributed by atoms with van der Waals surface area (Å²) in [5.41, 5.74) is 17.6. The Kier molecular flexibility index (Phi) is 4.11. The van der Waals surface area contributed by atoms with Crippen LogP contribution in [0.1, 0.15) is 11.3 Å². The van der Waals surface area contributed by atoms with Gasteiger partial charge in [-0.15, -0.1) is 0 Å². The van der Waals surface area contributed by atoms with Gasteiger partial charge < -0.3 is 11.5 Å². The van der Waals surface area contributed by atoms with Crippen LogP contribution in [0, 0.1) is 6.92 Å². The minimum absolute atomic E-state index is 0.294. The fourth-order valence-corrected chi connectivity index (χ4v) is 3.39. The Labute approximate surface area is 156 Å². The van der Waals surface area contributed by atoms with Gasteiger partial charge in [0.25, 0.3) is 0 Å². The van der Waals surface area contributed by atoms with Crippen molar-refractivity contribution in [2.45, 2.75) is 13.5 Å². The summed E-state index contributed by atoms with van der Waals surface area (Å²) in [6.45, 7) is 2.27. The van der Waals surface area contributed by atoms with Crippen molar-refractivity contribution >= 4 is 28.5 Å². The topological polar surface area (TPSA) is 82.8 Å². The molecule has 4 N–H and O–H groups in total. The maximum atomic E-state index is 6.26. The Bertz CT molecular complexity index is 1090. The minimum atomic E-state index is 0.294. The maximum Gasteiger partial charge on any atom is 0.166 e. The zero-order valence-electron chi connectivity index (χ0n) is 14.3. The first-order valence-electron chi connectivity index (χ1n) is 8.29. The first kappa shape index (κ1) is 16.6. The normalized spacial score (nSPS) is 11.2. The second-order valence-electron chi connectivity index (χ2n) is 6.09. The number of aromatic nitrogens is 3. The molecule has 0 saturated carbocycles. The highest BCUT2D eigenvalue weighted by molar-refractivity contribution is 6.30. The fraction of sp³-hybridized carbons (Fsp3) is 0.100. The molecule has 4 aromatic rings. The number of pyridine rings is 1. The molecular formula is C20H18ClN5. The monoisotopic (exact) mass is 363 g/mol. The molecule has 0 spiro atoms. The van der Waals surface area contributed by atoms with Crippen LogP contribution in [-0.4, -0.2) is 14.8 Å². The van der Waals surface area contributed by atoms with Crippen molar-refractivity contribution in [3.8, 4) is 16.8 Å². The lowest BCUT2D eigenvalue weighted by Gasteiger charge is -2.13.